The van der Waals surface area contributed by atoms with Crippen molar-refractivity contribution in [2.75, 3.05) is 0 Å². The first-order chi connectivity index (χ1) is 9.10. The molecule has 0 radical (unpaired) electrons. The van der Waals surface area contributed by atoms with Gasteiger partial charge in [0, 0.05) is 5.57 Å². The van der Waals surface area contributed by atoms with Crippen LogP contribution in [-0.2, 0) is 14.3 Å². The monoisotopic (exact) mass is 260 g/mol. The topological polar surface area (TPSA) is 43.4 Å². The lowest BCUT2D eigenvalue weighted by atomic mass is 9.85. The van der Waals surface area contributed by atoms with Gasteiger partial charge in [0.1, 0.15) is 0 Å². The highest BCUT2D eigenvalue weighted by Gasteiger charge is 2.43. The van der Waals surface area contributed by atoms with Crippen LogP contribution in [0.25, 0.3) is 0 Å². The number of esters is 1. The minimum absolute atomic E-state index is 0.323. The van der Waals surface area contributed by atoms with Crippen LogP contribution in [0.3, 0.4) is 0 Å². The van der Waals surface area contributed by atoms with E-state index in [0.717, 1.165) is 56.0 Å². The van der Waals surface area contributed by atoms with Crippen molar-refractivity contribution in [3.63, 3.8) is 0 Å². The molecule has 0 unspecified atom stereocenters. The molecule has 102 valence electrons. The van der Waals surface area contributed by atoms with Gasteiger partial charge in [0.25, 0.3) is 0 Å². The normalized spacial score (nSPS) is 18.8. The van der Waals surface area contributed by atoms with Crippen LogP contribution >= 0.6 is 0 Å². The van der Waals surface area contributed by atoms with Gasteiger partial charge in [-0.05, 0) is 56.6 Å². The Hall–Kier alpha value is -1.64. The van der Waals surface area contributed by atoms with Gasteiger partial charge in [0.2, 0.25) is 5.60 Å². The lowest BCUT2D eigenvalue weighted by Gasteiger charge is -2.31. The van der Waals surface area contributed by atoms with E-state index in [2.05, 4.69) is 6.58 Å². The van der Waals surface area contributed by atoms with Crippen molar-refractivity contribution in [1.82, 2.24) is 0 Å². The molecule has 0 aliphatic heterocycles. The summed E-state index contributed by atoms with van der Waals surface area (Å²) in [5.74, 6) is -0.493. The molecule has 0 saturated heterocycles. The summed E-state index contributed by atoms with van der Waals surface area (Å²) in [4.78, 5) is 23.7. The highest BCUT2D eigenvalue weighted by Crippen LogP contribution is 2.40. The molecule has 0 N–H and O–H groups in total. The fraction of sp³-hybridized carbons (Fsp3) is 0.500. The fourth-order valence-corrected chi connectivity index (χ4v) is 2.76. The van der Waals surface area contributed by atoms with E-state index in [0.29, 0.717) is 5.57 Å². The summed E-state index contributed by atoms with van der Waals surface area (Å²) in [7, 11) is 0. The maximum Gasteiger partial charge on any atom is 0.334 e. The van der Waals surface area contributed by atoms with E-state index in [1.165, 1.54) is 0 Å². The van der Waals surface area contributed by atoms with E-state index in [1.807, 2.05) is 12.2 Å². The minimum atomic E-state index is -1.16. The van der Waals surface area contributed by atoms with E-state index < -0.39 is 11.6 Å². The second kappa shape index (κ2) is 5.55. The molecule has 0 aromatic carbocycles. The molecule has 2 rings (SSSR count). The molecule has 0 spiro atoms. The summed E-state index contributed by atoms with van der Waals surface area (Å²) in [5, 5.41) is 0. The van der Waals surface area contributed by atoms with Gasteiger partial charge in [-0.15, -0.1) is 0 Å². The zero-order valence-electron chi connectivity index (χ0n) is 11.4. The smallest absolute Gasteiger partial charge is 0.334 e. The first kappa shape index (κ1) is 13.8. The molecule has 2 aliphatic carbocycles. The minimum Gasteiger partial charge on any atom is -0.439 e. The fourth-order valence-electron chi connectivity index (χ4n) is 2.76. The molecule has 3 nitrogen and oxygen atoms in total. The maximum absolute atomic E-state index is 11.9. The van der Waals surface area contributed by atoms with Crippen molar-refractivity contribution in [3.05, 3.63) is 35.5 Å². The van der Waals surface area contributed by atoms with Crippen molar-refractivity contribution in [3.8, 4) is 0 Å². The van der Waals surface area contributed by atoms with Crippen molar-refractivity contribution in [2.45, 2.75) is 51.0 Å². The highest BCUT2D eigenvalue weighted by atomic mass is 16.6. The summed E-state index contributed by atoms with van der Waals surface area (Å²) in [6.07, 6.45) is 10.4. The first-order valence-electron chi connectivity index (χ1n) is 6.84. The van der Waals surface area contributed by atoms with Crippen LogP contribution in [0.2, 0.25) is 0 Å². The Morgan fingerprint density at radius 1 is 1.26 bits per heavy atom. The summed E-state index contributed by atoms with van der Waals surface area (Å²) in [6.45, 7) is 5.20. The van der Waals surface area contributed by atoms with Gasteiger partial charge in [-0.2, -0.15) is 0 Å². The molecule has 0 aromatic heterocycles. The largest absolute Gasteiger partial charge is 0.439 e. The van der Waals surface area contributed by atoms with Gasteiger partial charge in [-0.3, -0.25) is 4.79 Å². The number of ether oxygens (including phenoxy) is 1. The molecule has 0 saturated carbocycles. The molecule has 19 heavy (non-hydrogen) atoms. The van der Waals surface area contributed by atoms with Gasteiger partial charge in [-0.25, -0.2) is 4.79 Å². The molecule has 2 aliphatic rings. The summed E-state index contributed by atoms with van der Waals surface area (Å²) < 4.78 is 5.57. The van der Waals surface area contributed by atoms with Gasteiger partial charge in [0.15, 0.2) is 6.29 Å². The lowest BCUT2D eigenvalue weighted by Crippen LogP contribution is -2.40. The number of aldehydes is 1. The average Bonchev–Trinajstić information content (AvgIpc) is 3.08. The molecule has 0 bridgehead atoms. The Balaban J connectivity index is 2.37. The summed E-state index contributed by atoms with van der Waals surface area (Å²) in [5.41, 5.74) is 1.03. The standard InChI is InChI=1S/C16H20O3/c1-12(2)15(18)19-16(11-17,13-7-3-4-8-13)14-9-5-6-10-14/h7,9,11H,1,3-6,8,10H2,2H3. The Labute approximate surface area is 114 Å². The predicted molar refractivity (Wildman–Crippen MR) is 73.6 cm³/mol. The highest BCUT2D eigenvalue weighted by molar-refractivity contribution is 5.91. The van der Waals surface area contributed by atoms with E-state index in [4.69, 9.17) is 4.74 Å². The zero-order chi connectivity index (χ0) is 13.9. The van der Waals surface area contributed by atoms with Gasteiger partial charge < -0.3 is 4.74 Å². The van der Waals surface area contributed by atoms with Gasteiger partial charge >= 0.3 is 5.97 Å². The third-order valence-electron chi connectivity index (χ3n) is 3.80. The molecule has 3 heteroatoms. The van der Waals surface area contributed by atoms with E-state index >= 15 is 0 Å². The number of carbonyl (C=O) groups excluding carboxylic acids is 2. The Bertz CT molecular complexity index is 444. The zero-order valence-corrected chi connectivity index (χ0v) is 11.4. The Morgan fingerprint density at radius 3 is 2.11 bits per heavy atom. The quantitative estimate of drug-likeness (QED) is 0.330. The van der Waals surface area contributed by atoms with Crippen LogP contribution in [-0.4, -0.2) is 17.9 Å². The molecule has 0 amide bonds. The van der Waals surface area contributed by atoms with Crippen LogP contribution in [0, 0.1) is 0 Å². The number of hydrogen-bond acceptors (Lipinski definition) is 3. The Kier molecular flexibility index (Phi) is 4.03. The van der Waals surface area contributed by atoms with Crippen molar-refractivity contribution >= 4 is 12.3 Å². The predicted octanol–water partition coefficient (Wildman–Crippen LogP) is 3.26. The van der Waals surface area contributed by atoms with Crippen molar-refractivity contribution in [1.29, 1.82) is 0 Å². The van der Waals surface area contributed by atoms with Crippen molar-refractivity contribution in [2.24, 2.45) is 0 Å². The van der Waals surface area contributed by atoms with Crippen LogP contribution in [0.4, 0.5) is 0 Å². The van der Waals surface area contributed by atoms with Gasteiger partial charge in [0.05, 0.1) is 0 Å². The Morgan fingerprint density at radius 2 is 1.79 bits per heavy atom. The number of allylic oxidation sites excluding steroid dienone is 2. The number of rotatable bonds is 5. The summed E-state index contributed by atoms with van der Waals surface area (Å²) >= 11 is 0. The molecule has 0 atom stereocenters. The molecule has 0 heterocycles. The second-order valence-corrected chi connectivity index (χ2v) is 5.27. The van der Waals surface area contributed by atoms with Crippen LogP contribution < -0.4 is 0 Å². The first-order valence-corrected chi connectivity index (χ1v) is 6.84. The van der Waals surface area contributed by atoms with Crippen LogP contribution in [0.5, 0.6) is 0 Å². The van der Waals surface area contributed by atoms with Crippen LogP contribution in [0.1, 0.15) is 45.4 Å². The van der Waals surface area contributed by atoms with E-state index in [-0.39, 0.29) is 0 Å². The third kappa shape index (κ3) is 2.55. The maximum atomic E-state index is 11.9. The molecule has 0 fully saturated rings. The number of carbonyl (C=O) groups is 2. The molecule has 0 aromatic rings. The average molecular weight is 260 g/mol. The third-order valence-corrected chi connectivity index (χ3v) is 3.80. The van der Waals surface area contributed by atoms with E-state index in [1.54, 1.807) is 6.92 Å². The van der Waals surface area contributed by atoms with E-state index in [9.17, 15) is 9.59 Å². The second-order valence-electron chi connectivity index (χ2n) is 5.27. The van der Waals surface area contributed by atoms with Crippen molar-refractivity contribution < 1.29 is 14.3 Å². The summed E-state index contributed by atoms with van der Waals surface area (Å²) in [6, 6.07) is 0. The molecular weight excluding hydrogens is 240 g/mol. The SMILES string of the molecule is C=C(C)C(=O)OC(C=O)(C1=CCCC1)C1=CCCC1. The van der Waals surface area contributed by atoms with Gasteiger partial charge in [-0.1, -0.05) is 18.7 Å². The number of hydrogen-bond donors (Lipinski definition) is 0. The van der Waals surface area contributed by atoms with Crippen LogP contribution in [0.15, 0.2) is 35.5 Å². The molecular formula is C16H20O3. The lowest BCUT2D eigenvalue weighted by molar-refractivity contribution is -0.152.